The van der Waals surface area contributed by atoms with E-state index in [1.54, 1.807) is 0 Å². The Labute approximate surface area is 162 Å². The minimum atomic E-state index is -0.172. The van der Waals surface area contributed by atoms with Crippen LogP contribution in [0.3, 0.4) is 0 Å². The summed E-state index contributed by atoms with van der Waals surface area (Å²) >= 11 is 0. The van der Waals surface area contributed by atoms with Crippen molar-refractivity contribution >= 4 is 22.6 Å². The van der Waals surface area contributed by atoms with Gasteiger partial charge in [-0.3, -0.25) is 0 Å². The van der Waals surface area contributed by atoms with Crippen molar-refractivity contribution in [1.29, 1.82) is 0 Å². The lowest BCUT2D eigenvalue weighted by Gasteiger charge is -2.31. The number of benzene rings is 1. The number of aromatic nitrogens is 1. The first-order valence-electron chi connectivity index (χ1n) is 10.2. The molecule has 1 aromatic heterocycles. The Kier molecular flexibility index (Phi) is 6.93. The van der Waals surface area contributed by atoms with Crippen LogP contribution in [0, 0.1) is 0 Å². The van der Waals surface area contributed by atoms with Gasteiger partial charge in [-0.15, -0.1) is 0 Å². The molecule has 5 nitrogen and oxygen atoms in total. The highest BCUT2D eigenvalue weighted by molar-refractivity contribution is 5.94. The Morgan fingerprint density at radius 3 is 2.89 bits per heavy atom. The molecule has 0 unspecified atom stereocenters. The lowest BCUT2D eigenvalue weighted by Crippen LogP contribution is -2.33. The molecule has 2 heterocycles. The highest BCUT2D eigenvalue weighted by Gasteiger charge is 2.22. The number of H-pyrrole nitrogens is 1. The molecule has 146 valence electrons. The van der Waals surface area contributed by atoms with E-state index in [0.717, 1.165) is 11.2 Å². The monoisotopic (exact) mass is 368 g/mol. The Hall–Kier alpha value is -2.27. The molecular formula is C22H32N4O. The molecule has 3 N–H and O–H groups in total. The standard InChI is InChI=1S/C22H32N4O/c1-3-5-11-23-22(27)25-18-7-8-21-19(15-18)20(16-24-21)17-9-13-26(14-10-17)12-6-4-2/h3,5,7-8,15-17,24H,4,6,9-14H2,1-2H3,(H2,23,25,27)/b5-3+. The zero-order valence-corrected chi connectivity index (χ0v) is 16.6. The number of carbonyl (C=O) groups excluding carboxylic acids is 1. The third-order valence-corrected chi connectivity index (χ3v) is 5.44. The molecule has 3 rings (SSSR count). The molecule has 0 aliphatic carbocycles. The molecule has 1 fully saturated rings. The third kappa shape index (κ3) is 5.13. The maximum atomic E-state index is 12.0. The largest absolute Gasteiger partial charge is 0.361 e. The molecule has 1 aromatic carbocycles. The Morgan fingerprint density at radius 2 is 2.15 bits per heavy atom. The fourth-order valence-electron chi connectivity index (χ4n) is 3.85. The van der Waals surface area contributed by atoms with Crippen LogP contribution >= 0.6 is 0 Å². The number of urea groups is 1. The molecule has 1 aliphatic heterocycles. The van der Waals surface area contributed by atoms with Gasteiger partial charge in [-0.05, 0) is 75.5 Å². The average Bonchev–Trinajstić information content (AvgIpc) is 3.10. The molecule has 1 aliphatic rings. The zero-order chi connectivity index (χ0) is 19.1. The molecule has 2 amide bonds. The van der Waals surface area contributed by atoms with Gasteiger partial charge >= 0.3 is 6.03 Å². The van der Waals surface area contributed by atoms with Crippen molar-refractivity contribution < 1.29 is 4.79 Å². The number of amides is 2. The predicted molar refractivity (Wildman–Crippen MR) is 113 cm³/mol. The van der Waals surface area contributed by atoms with Gasteiger partial charge in [0, 0.05) is 29.3 Å². The number of likely N-dealkylation sites (tertiary alicyclic amines) is 1. The molecule has 2 aromatic rings. The van der Waals surface area contributed by atoms with Crippen LogP contribution in [0.2, 0.25) is 0 Å². The number of hydrogen-bond acceptors (Lipinski definition) is 2. The van der Waals surface area contributed by atoms with Gasteiger partial charge in [0.2, 0.25) is 0 Å². The van der Waals surface area contributed by atoms with Gasteiger partial charge in [0.15, 0.2) is 0 Å². The molecule has 27 heavy (non-hydrogen) atoms. The summed E-state index contributed by atoms with van der Waals surface area (Å²) in [6.45, 7) is 8.33. The minimum absolute atomic E-state index is 0.172. The van der Waals surface area contributed by atoms with Crippen LogP contribution in [-0.2, 0) is 0 Å². The van der Waals surface area contributed by atoms with E-state index in [0.29, 0.717) is 12.5 Å². The van der Waals surface area contributed by atoms with E-state index >= 15 is 0 Å². The quantitative estimate of drug-likeness (QED) is 0.612. The second-order valence-electron chi connectivity index (χ2n) is 7.38. The number of nitrogens with zero attached hydrogens (tertiary/aromatic N) is 1. The number of aromatic amines is 1. The summed E-state index contributed by atoms with van der Waals surface area (Å²) in [5, 5.41) is 6.99. The van der Waals surface area contributed by atoms with Crippen LogP contribution < -0.4 is 10.6 Å². The first-order chi connectivity index (χ1) is 13.2. The van der Waals surface area contributed by atoms with Crippen molar-refractivity contribution in [3.8, 4) is 0 Å². The van der Waals surface area contributed by atoms with E-state index in [9.17, 15) is 4.79 Å². The second-order valence-corrected chi connectivity index (χ2v) is 7.38. The lowest BCUT2D eigenvalue weighted by molar-refractivity contribution is 0.210. The molecule has 0 saturated carbocycles. The molecule has 1 saturated heterocycles. The summed E-state index contributed by atoms with van der Waals surface area (Å²) in [6, 6.07) is 5.93. The Morgan fingerprint density at radius 1 is 1.33 bits per heavy atom. The van der Waals surface area contributed by atoms with Crippen LogP contribution in [-0.4, -0.2) is 42.1 Å². The van der Waals surface area contributed by atoms with Crippen LogP contribution in [0.25, 0.3) is 10.9 Å². The normalized spacial score (nSPS) is 16.2. The van der Waals surface area contributed by atoms with Gasteiger partial charge in [-0.1, -0.05) is 25.5 Å². The predicted octanol–water partition coefficient (Wildman–Crippen LogP) is 4.85. The number of carbonyl (C=O) groups is 1. The number of nitrogens with one attached hydrogen (secondary N) is 3. The topological polar surface area (TPSA) is 60.2 Å². The average molecular weight is 369 g/mol. The molecule has 0 radical (unpaired) electrons. The van der Waals surface area contributed by atoms with Crippen LogP contribution in [0.5, 0.6) is 0 Å². The summed E-state index contributed by atoms with van der Waals surface area (Å²) in [7, 11) is 0. The number of unbranched alkanes of at least 4 members (excludes halogenated alkanes) is 1. The second kappa shape index (κ2) is 9.60. The van der Waals surface area contributed by atoms with Crippen molar-refractivity contribution in [3.63, 3.8) is 0 Å². The minimum Gasteiger partial charge on any atom is -0.361 e. The van der Waals surface area contributed by atoms with E-state index in [4.69, 9.17) is 0 Å². The molecule has 0 bridgehead atoms. The number of hydrogen-bond donors (Lipinski definition) is 3. The number of allylic oxidation sites excluding steroid dienone is 1. The number of fused-ring (bicyclic) bond motifs is 1. The smallest absolute Gasteiger partial charge is 0.319 e. The molecule has 5 heteroatoms. The lowest BCUT2D eigenvalue weighted by atomic mass is 9.89. The van der Waals surface area contributed by atoms with Gasteiger partial charge in [0.1, 0.15) is 0 Å². The molecule has 0 atom stereocenters. The van der Waals surface area contributed by atoms with Crippen LogP contribution in [0.4, 0.5) is 10.5 Å². The number of rotatable bonds is 7. The number of anilines is 1. The SMILES string of the molecule is C/C=C/CNC(=O)Nc1ccc2[nH]cc(C3CCN(CCCC)CC3)c2c1. The van der Waals surface area contributed by atoms with Gasteiger partial charge < -0.3 is 20.5 Å². The maximum Gasteiger partial charge on any atom is 0.319 e. The first-order valence-corrected chi connectivity index (χ1v) is 10.2. The van der Waals surface area contributed by atoms with Crippen molar-refractivity contribution in [1.82, 2.24) is 15.2 Å². The van der Waals surface area contributed by atoms with Crippen molar-refractivity contribution in [2.24, 2.45) is 0 Å². The zero-order valence-electron chi connectivity index (χ0n) is 16.6. The summed E-state index contributed by atoms with van der Waals surface area (Å²) in [6.07, 6.45) is 11.0. The van der Waals surface area contributed by atoms with Gasteiger partial charge in [0.25, 0.3) is 0 Å². The van der Waals surface area contributed by atoms with E-state index in [-0.39, 0.29) is 6.03 Å². The highest BCUT2D eigenvalue weighted by Crippen LogP contribution is 2.34. The van der Waals surface area contributed by atoms with E-state index in [1.807, 2.05) is 25.1 Å². The third-order valence-electron chi connectivity index (χ3n) is 5.44. The van der Waals surface area contributed by atoms with Crippen molar-refractivity contribution in [3.05, 3.63) is 42.1 Å². The summed E-state index contributed by atoms with van der Waals surface area (Å²) in [4.78, 5) is 18.0. The van der Waals surface area contributed by atoms with Crippen molar-refractivity contribution in [2.75, 3.05) is 31.5 Å². The Bertz CT molecular complexity index is 772. The molecule has 0 spiro atoms. The maximum absolute atomic E-state index is 12.0. The van der Waals surface area contributed by atoms with Crippen LogP contribution in [0.1, 0.15) is 51.0 Å². The fraction of sp³-hybridized carbons (Fsp3) is 0.500. The number of piperidine rings is 1. The summed E-state index contributed by atoms with van der Waals surface area (Å²) in [5.74, 6) is 0.593. The van der Waals surface area contributed by atoms with Crippen molar-refractivity contribution in [2.45, 2.75) is 45.4 Å². The fourth-order valence-corrected chi connectivity index (χ4v) is 3.85. The Balaban J connectivity index is 1.66. The summed E-state index contributed by atoms with van der Waals surface area (Å²) in [5.41, 5.74) is 3.36. The van der Waals surface area contributed by atoms with Gasteiger partial charge in [-0.2, -0.15) is 0 Å². The molecular weight excluding hydrogens is 336 g/mol. The van der Waals surface area contributed by atoms with Gasteiger partial charge in [-0.25, -0.2) is 4.79 Å². The van der Waals surface area contributed by atoms with Crippen LogP contribution in [0.15, 0.2) is 36.5 Å². The highest BCUT2D eigenvalue weighted by atomic mass is 16.2. The van der Waals surface area contributed by atoms with E-state index in [1.165, 1.54) is 56.3 Å². The van der Waals surface area contributed by atoms with E-state index in [2.05, 4.69) is 45.8 Å². The van der Waals surface area contributed by atoms with E-state index < -0.39 is 0 Å². The summed E-state index contributed by atoms with van der Waals surface area (Å²) < 4.78 is 0. The first kappa shape index (κ1) is 19.5. The van der Waals surface area contributed by atoms with Gasteiger partial charge in [0.05, 0.1) is 0 Å².